The number of fused-ring (bicyclic) bond motifs is 1. The molecule has 1 atom stereocenters. The van der Waals surface area contributed by atoms with Gasteiger partial charge in [0.15, 0.2) is 22.9 Å². The average molecular weight is 543 g/mol. The Bertz CT molecular complexity index is 1600. The highest BCUT2D eigenvalue weighted by molar-refractivity contribution is 6.31. The van der Waals surface area contributed by atoms with Gasteiger partial charge in [0.05, 0.1) is 24.3 Å². The number of carbonyl (C=O) groups excluding carboxylic acids is 2. The Balaban J connectivity index is 1.58. The number of nitrogens with zero attached hydrogens (tertiary/aromatic N) is 2. The van der Waals surface area contributed by atoms with Crippen LogP contribution in [-0.4, -0.2) is 33.8 Å². The van der Waals surface area contributed by atoms with Crippen molar-refractivity contribution in [2.45, 2.75) is 18.8 Å². The van der Waals surface area contributed by atoms with Crippen LogP contribution in [0.2, 0.25) is 5.02 Å². The number of aliphatic hydroxyl groups excluding tert-OH is 1. The number of methoxy groups -OCH3 is 1. The highest BCUT2D eigenvalue weighted by Crippen LogP contribution is 2.41. The number of carbonyl (C=O) groups is 2. The first-order chi connectivity index (χ1) is 18.1. The standard InChI is InChI=1S/C27H18ClF3N2O5/c1-37-20-11-18(28)9-16-10-19(38-25(16)20)23(34)21-22(15-5-3-7-32-12-15)33(26(36)24(21)35)13-14-4-2-6-17(8-14)27(29,30)31/h2-12,22,35H,13H2,1H3. The minimum absolute atomic E-state index is 0.159. The van der Waals surface area contributed by atoms with Crippen molar-refractivity contribution in [2.75, 3.05) is 7.11 Å². The number of alkyl halides is 3. The summed E-state index contributed by atoms with van der Waals surface area (Å²) in [6.07, 6.45) is -1.69. The van der Waals surface area contributed by atoms with E-state index in [1.165, 1.54) is 43.8 Å². The lowest BCUT2D eigenvalue weighted by molar-refractivity contribution is -0.137. The number of rotatable bonds is 6. The Hall–Kier alpha value is -4.31. The highest BCUT2D eigenvalue weighted by Gasteiger charge is 2.45. The van der Waals surface area contributed by atoms with Crippen molar-refractivity contribution in [1.82, 2.24) is 9.88 Å². The van der Waals surface area contributed by atoms with Gasteiger partial charge in [-0.2, -0.15) is 13.2 Å². The molecule has 0 saturated heterocycles. The largest absolute Gasteiger partial charge is 0.503 e. The molecule has 1 unspecified atom stereocenters. The first-order valence-electron chi connectivity index (χ1n) is 11.2. The third kappa shape index (κ3) is 4.47. The van der Waals surface area contributed by atoms with Crippen LogP contribution in [0.1, 0.15) is 33.3 Å². The lowest BCUT2D eigenvalue weighted by atomic mass is 9.96. The summed E-state index contributed by atoms with van der Waals surface area (Å²) in [6, 6.07) is 11.0. The number of amides is 1. The number of Topliss-reactive ketones (excluding diaryl/α,β-unsaturated/α-hetero) is 1. The molecule has 1 aliphatic heterocycles. The Morgan fingerprint density at radius 1 is 1.18 bits per heavy atom. The van der Waals surface area contributed by atoms with E-state index in [9.17, 15) is 27.9 Å². The number of benzene rings is 2. The van der Waals surface area contributed by atoms with E-state index in [2.05, 4.69) is 4.98 Å². The zero-order valence-electron chi connectivity index (χ0n) is 19.6. The number of ether oxygens (including phenoxy) is 1. The summed E-state index contributed by atoms with van der Waals surface area (Å²) in [4.78, 5) is 32.0. The molecule has 0 saturated carbocycles. The summed E-state index contributed by atoms with van der Waals surface area (Å²) >= 11 is 6.11. The van der Waals surface area contributed by atoms with Gasteiger partial charge in [0.25, 0.3) is 5.91 Å². The Kier molecular flexibility index (Phi) is 6.36. The first-order valence-corrected chi connectivity index (χ1v) is 11.6. The van der Waals surface area contributed by atoms with E-state index in [1.54, 1.807) is 18.2 Å². The molecule has 7 nitrogen and oxygen atoms in total. The molecule has 1 amide bonds. The quantitative estimate of drug-likeness (QED) is 0.288. The van der Waals surface area contributed by atoms with Gasteiger partial charge in [0, 0.05) is 35.4 Å². The van der Waals surface area contributed by atoms with E-state index in [0.717, 1.165) is 17.0 Å². The molecule has 2 aromatic carbocycles. The van der Waals surface area contributed by atoms with E-state index < -0.39 is 35.2 Å². The molecular weight excluding hydrogens is 525 g/mol. The summed E-state index contributed by atoms with van der Waals surface area (Å²) in [6.45, 7) is -0.313. The maximum atomic E-state index is 13.7. The number of pyridine rings is 1. The van der Waals surface area contributed by atoms with E-state index in [0.29, 0.717) is 16.0 Å². The molecule has 0 fully saturated rings. The fraction of sp³-hybridized carbons (Fsp3) is 0.148. The highest BCUT2D eigenvalue weighted by atomic mass is 35.5. The lowest BCUT2D eigenvalue weighted by Gasteiger charge is -2.26. The van der Waals surface area contributed by atoms with Gasteiger partial charge in [-0.15, -0.1) is 0 Å². The molecule has 2 aromatic heterocycles. The summed E-state index contributed by atoms with van der Waals surface area (Å²) in [5.41, 5.74) is -0.408. The van der Waals surface area contributed by atoms with Crippen LogP contribution in [0.4, 0.5) is 13.2 Å². The maximum Gasteiger partial charge on any atom is 0.416 e. The van der Waals surface area contributed by atoms with Crippen molar-refractivity contribution < 1.29 is 37.0 Å². The monoisotopic (exact) mass is 542 g/mol. The summed E-state index contributed by atoms with van der Waals surface area (Å²) in [7, 11) is 1.41. The van der Waals surface area contributed by atoms with E-state index in [1.807, 2.05) is 0 Å². The van der Waals surface area contributed by atoms with Crippen LogP contribution < -0.4 is 4.74 Å². The van der Waals surface area contributed by atoms with Gasteiger partial charge in [0.1, 0.15) is 0 Å². The van der Waals surface area contributed by atoms with Gasteiger partial charge in [-0.25, -0.2) is 0 Å². The normalized spacial score (nSPS) is 16.0. The van der Waals surface area contributed by atoms with Gasteiger partial charge < -0.3 is 19.2 Å². The van der Waals surface area contributed by atoms with Gasteiger partial charge >= 0.3 is 6.18 Å². The molecule has 0 aliphatic carbocycles. The van der Waals surface area contributed by atoms with Gasteiger partial charge in [-0.3, -0.25) is 14.6 Å². The average Bonchev–Trinajstić information content (AvgIpc) is 3.43. The third-order valence-corrected chi connectivity index (χ3v) is 6.36. The molecule has 0 bridgehead atoms. The number of halogens is 4. The Morgan fingerprint density at radius 3 is 2.66 bits per heavy atom. The number of furan rings is 1. The topological polar surface area (TPSA) is 92.9 Å². The molecule has 11 heteroatoms. The molecule has 4 aromatic rings. The molecular formula is C27H18ClF3N2O5. The number of hydrogen-bond donors (Lipinski definition) is 1. The Labute approximate surface area is 218 Å². The maximum absolute atomic E-state index is 13.7. The van der Waals surface area contributed by atoms with E-state index in [4.69, 9.17) is 20.8 Å². The molecule has 1 N–H and O–H groups in total. The van der Waals surface area contributed by atoms with E-state index >= 15 is 0 Å². The summed E-state index contributed by atoms with van der Waals surface area (Å²) in [5, 5.41) is 11.7. The zero-order valence-corrected chi connectivity index (χ0v) is 20.4. The SMILES string of the molecule is COc1cc(Cl)cc2cc(C(=O)C3=C(O)C(=O)N(Cc4cccc(C(F)(F)F)c4)C3c3cccnc3)oc12. The van der Waals surface area contributed by atoms with Crippen LogP contribution in [0.3, 0.4) is 0 Å². The summed E-state index contributed by atoms with van der Waals surface area (Å²) in [5.74, 6) is -2.45. The first kappa shape index (κ1) is 25.3. The minimum atomic E-state index is -4.58. The van der Waals surface area contributed by atoms with Crippen molar-refractivity contribution in [1.29, 1.82) is 0 Å². The molecule has 5 rings (SSSR count). The second-order valence-electron chi connectivity index (χ2n) is 8.55. The second-order valence-corrected chi connectivity index (χ2v) is 8.98. The zero-order chi connectivity index (χ0) is 27.2. The van der Waals surface area contributed by atoms with Crippen LogP contribution in [0.5, 0.6) is 5.75 Å². The number of aliphatic hydroxyl groups is 1. The van der Waals surface area contributed by atoms with Crippen LogP contribution in [0, 0.1) is 0 Å². The molecule has 194 valence electrons. The minimum Gasteiger partial charge on any atom is -0.503 e. The predicted molar refractivity (Wildman–Crippen MR) is 131 cm³/mol. The number of hydrogen-bond acceptors (Lipinski definition) is 6. The number of aromatic nitrogens is 1. The van der Waals surface area contributed by atoms with Gasteiger partial charge in [-0.1, -0.05) is 29.8 Å². The smallest absolute Gasteiger partial charge is 0.416 e. The van der Waals surface area contributed by atoms with Crippen LogP contribution in [0.25, 0.3) is 11.0 Å². The lowest BCUT2D eigenvalue weighted by Crippen LogP contribution is -2.30. The second kappa shape index (κ2) is 9.53. The fourth-order valence-corrected chi connectivity index (χ4v) is 4.67. The fourth-order valence-electron chi connectivity index (χ4n) is 4.46. The van der Waals surface area contributed by atoms with Crippen LogP contribution >= 0.6 is 11.6 Å². The van der Waals surface area contributed by atoms with Crippen molar-refractivity contribution >= 4 is 34.3 Å². The van der Waals surface area contributed by atoms with Gasteiger partial charge in [-0.05, 0) is 41.5 Å². The van der Waals surface area contributed by atoms with E-state index in [-0.39, 0.29) is 34.8 Å². The summed E-state index contributed by atoms with van der Waals surface area (Å²) < 4.78 is 50.8. The van der Waals surface area contributed by atoms with Crippen molar-refractivity contribution in [2.24, 2.45) is 0 Å². The predicted octanol–water partition coefficient (Wildman–Crippen LogP) is 6.29. The molecule has 0 spiro atoms. The van der Waals surface area contributed by atoms with Crippen molar-refractivity contribution in [3.05, 3.63) is 106 Å². The Morgan fingerprint density at radius 2 is 1.97 bits per heavy atom. The number of ketones is 1. The van der Waals surface area contributed by atoms with Crippen molar-refractivity contribution in [3.63, 3.8) is 0 Å². The van der Waals surface area contributed by atoms with Crippen LogP contribution in [0.15, 0.2) is 82.7 Å². The molecule has 38 heavy (non-hydrogen) atoms. The third-order valence-electron chi connectivity index (χ3n) is 6.15. The molecule has 3 heterocycles. The van der Waals surface area contributed by atoms with Gasteiger partial charge in [0.2, 0.25) is 5.78 Å². The molecule has 1 aliphatic rings. The van der Waals surface area contributed by atoms with Crippen LogP contribution in [-0.2, 0) is 17.5 Å². The molecule has 0 radical (unpaired) electrons. The van der Waals surface area contributed by atoms with Crippen molar-refractivity contribution in [3.8, 4) is 5.75 Å².